The first-order chi connectivity index (χ1) is 25.0. The van der Waals surface area contributed by atoms with Crippen LogP contribution in [0, 0.1) is 0 Å². The van der Waals surface area contributed by atoms with Crippen LogP contribution in [0.25, 0.3) is 0 Å². The maximum absolute atomic E-state index is 13.8. The largest absolute Gasteiger partial charge is 0.486 e. The van der Waals surface area contributed by atoms with E-state index in [2.05, 4.69) is 0 Å². The molecule has 1 saturated heterocycles. The van der Waals surface area contributed by atoms with E-state index in [-0.39, 0.29) is 0 Å². The van der Waals surface area contributed by atoms with E-state index in [0.29, 0.717) is 18.2 Å². The van der Waals surface area contributed by atoms with Crippen LogP contribution in [0.1, 0.15) is 109 Å². The van der Waals surface area contributed by atoms with Gasteiger partial charge in [0.05, 0.1) is 14.2 Å². The summed E-state index contributed by atoms with van der Waals surface area (Å²) in [7, 11) is 0. The van der Waals surface area contributed by atoms with E-state index in [1.54, 1.807) is 0 Å². The molecule has 3 rings (SSSR count). The Bertz CT molecular complexity index is 1760. The second kappa shape index (κ2) is 11.4. The molecule has 2 N–H and O–H groups in total. The van der Waals surface area contributed by atoms with Gasteiger partial charge < -0.3 is 24.8 Å². The van der Waals surface area contributed by atoms with Crippen molar-refractivity contribution in [3.05, 3.63) is 23.8 Å². The van der Waals surface area contributed by atoms with Gasteiger partial charge in [0, 0.05) is 44.4 Å². The standard InChI is InChI=1S/C23H36N2O4/c1-2-3-4-5-6-9-22(26)24-19(17-25-12-7-8-13-25)23(27)18-10-11-20-21(16-18)29-15-14-28-20/h10-11,16,19,23,27H,2-9,12-15,17H2,1H3,(H,24,26)/t19-,23-/m1/s1/i1D3,2D2,3D2,4D2,5D2,6D2,7D2,8D2,9D2,12D2,13D2,14D2,15D2,19D,23D. The van der Waals surface area contributed by atoms with Gasteiger partial charge in [0.15, 0.2) is 11.5 Å². The predicted octanol–water partition coefficient (Wildman–Crippen LogP) is 3.43. The van der Waals surface area contributed by atoms with Crippen LogP contribution in [0.3, 0.4) is 0 Å². The number of aliphatic hydroxyl groups is 1. The molecule has 6 nitrogen and oxygen atoms in total. The van der Waals surface area contributed by atoms with E-state index >= 15 is 0 Å². The number of rotatable bonds is 11. The average molecular weight is 434 g/mol. The van der Waals surface area contributed by atoms with Gasteiger partial charge in [-0.05, 0) is 49.8 Å². The Morgan fingerprint density at radius 3 is 2.83 bits per heavy atom. The van der Waals surface area contributed by atoms with E-state index in [0.717, 1.165) is 0 Å². The smallest absolute Gasteiger partial charge is 0.220 e. The van der Waals surface area contributed by atoms with E-state index in [1.165, 1.54) is 5.32 Å². The number of carbonyl (C=O) groups is 1. The minimum Gasteiger partial charge on any atom is -0.486 e. The second-order valence-corrected chi connectivity index (χ2v) is 5.16. The molecule has 2 aliphatic rings. The molecule has 0 spiro atoms. The first kappa shape index (κ1) is 5.52. The molecule has 0 saturated carbocycles. The Morgan fingerprint density at radius 1 is 1.28 bits per heavy atom. The minimum absolute atomic E-state index is 0.439. The Balaban J connectivity index is 2.29. The highest BCUT2D eigenvalue weighted by molar-refractivity contribution is 5.76. The lowest BCUT2D eigenvalue weighted by Gasteiger charge is -2.29. The lowest BCUT2D eigenvalue weighted by atomic mass is 10.0. The fourth-order valence-electron chi connectivity index (χ4n) is 2.12. The molecule has 0 bridgehead atoms. The predicted molar refractivity (Wildman–Crippen MR) is 113 cm³/mol. The maximum atomic E-state index is 13.8. The molecule has 0 radical (unpaired) electrons. The lowest BCUT2D eigenvalue weighted by molar-refractivity contribution is -0.123. The fourth-order valence-corrected chi connectivity index (χ4v) is 2.12. The number of hydrogen-bond donors (Lipinski definition) is 2. The Hall–Kier alpha value is -1.79. The van der Waals surface area contributed by atoms with Crippen LogP contribution in [0.15, 0.2) is 18.2 Å². The number of fused-ring (bicyclic) bond motifs is 1. The topological polar surface area (TPSA) is 71.0 Å². The third-order valence-corrected chi connectivity index (χ3v) is 3.32. The monoisotopic (exact) mass is 433 g/mol. The molecule has 2 atom stereocenters. The molecule has 29 heavy (non-hydrogen) atoms. The zero-order valence-corrected chi connectivity index (χ0v) is 14.6. The number of hydrogen-bond acceptors (Lipinski definition) is 5. The highest BCUT2D eigenvalue weighted by Crippen LogP contribution is 2.33. The molecular formula is C23H36N2O4. The first-order valence-corrected chi connectivity index (χ1v) is 7.85. The van der Waals surface area contributed by atoms with Crippen molar-refractivity contribution in [1.82, 2.24) is 10.2 Å². The number of ether oxygens (including phenoxy) is 2. The molecule has 1 amide bonds. The molecular weight excluding hydrogens is 368 g/mol. The van der Waals surface area contributed by atoms with Crippen molar-refractivity contribution in [3.63, 3.8) is 0 Å². The number of carbonyl (C=O) groups excluding carboxylic acids is 1. The second-order valence-electron chi connectivity index (χ2n) is 5.16. The zero-order chi connectivity index (χ0) is 46.3. The SMILES string of the molecule is [2H]C([2H])([2H])C([2H])([2H])C([2H])([2H])C([2H])([2H])C([2H])([2H])C([2H])([2H])C([2H])([2H])C(=O)N[C@]([2H])(CN1C([2H])([2H])C([2H])([2H])C([2H])([2H])C1([2H])[2H])[C@]([2H])(O)c1ccc2c(c1)OC([2H])([2H])C([2H])([2H])O2. The summed E-state index contributed by atoms with van der Waals surface area (Å²) in [4.78, 5) is 13.4. The van der Waals surface area contributed by atoms with E-state index in [1.807, 2.05) is 0 Å². The quantitative estimate of drug-likeness (QED) is 0.559. The van der Waals surface area contributed by atoms with Gasteiger partial charge in [-0.1, -0.05) is 38.4 Å². The molecule has 1 aromatic rings. The number of nitrogens with zero attached hydrogens (tertiary/aromatic N) is 1. The van der Waals surface area contributed by atoms with Crippen molar-refractivity contribution in [2.45, 2.75) is 69.9 Å². The molecule has 2 heterocycles. The molecule has 1 fully saturated rings. The highest BCUT2D eigenvalue weighted by Gasteiger charge is 2.27. The Kier molecular flexibility index (Phi) is 2.17. The number of benzene rings is 1. The van der Waals surface area contributed by atoms with E-state index in [4.69, 9.17) is 49.2 Å². The molecule has 2 aliphatic heterocycles. The summed E-state index contributed by atoms with van der Waals surface area (Å²) in [6, 6.07) is -2.29. The number of nitrogens with one attached hydrogen (secondary N) is 1. The van der Waals surface area contributed by atoms with Gasteiger partial charge >= 0.3 is 0 Å². The van der Waals surface area contributed by atoms with Crippen molar-refractivity contribution in [2.24, 2.45) is 0 Å². The van der Waals surface area contributed by atoms with Crippen molar-refractivity contribution in [3.8, 4) is 11.5 Å². The summed E-state index contributed by atoms with van der Waals surface area (Å²) in [5.41, 5.74) is -1.08. The van der Waals surface area contributed by atoms with E-state index in [9.17, 15) is 9.90 Å². The van der Waals surface area contributed by atoms with Gasteiger partial charge in [-0.2, -0.15) is 0 Å². The van der Waals surface area contributed by atoms with Crippen LogP contribution < -0.4 is 14.8 Å². The van der Waals surface area contributed by atoms with Gasteiger partial charge in [0.1, 0.15) is 19.2 Å². The van der Waals surface area contributed by atoms with Crippen LogP contribution >= 0.6 is 0 Å². The lowest BCUT2D eigenvalue weighted by Crippen LogP contribution is -2.46. The van der Waals surface area contributed by atoms with Crippen LogP contribution in [0.4, 0.5) is 0 Å². The van der Waals surface area contributed by atoms with Gasteiger partial charge in [0.2, 0.25) is 5.91 Å². The summed E-state index contributed by atoms with van der Waals surface area (Å²) in [6.07, 6.45) is -39.8. The molecule has 1 aromatic carbocycles. The van der Waals surface area contributed by atoms with Crippen LogP contribution in [0.5, 0.6) is 11.5 Å². The molecule has 162 valence electrons. The Labute approximate surface area is 215 Å². The van der Waals surface area contributed by atoms with Gasteiger partial charge in [0.25, 0.3) is 0 Å². The minimum atomic E-state index is -4.81. The van der Waals surface area contributed by atoms with Crippen LogP contribution in [-0.2, 0) is 4.79 Å². The molecule has 0 unspecified atom stereocenters. The number of amides is 1. The van der Waals surface area contributed by atoms with Gasteiger partial charge in [-0.15, -0.1) is 0 Å². The van der Waals surface area contributed by atoms with Crippen molar-refractivity contribution in [1.29, 1.82) is 0 Å². The summed E-state index contributed by atoms with van der Waals surface area (Å²) >= 11 is 0. The van der Waals surface area contributed by atoms with E-state index < -0.39 is 130 Å². The van der Waals surface area contributed by atoms with Crippen LogP contribution in [0.2, 0.25) is 0 Å². The summed E-state index contributed by atoms with van der Waals surface area (Å²) < 4.78 is 244. The van der Waals surface area contributed by atoms with Crippen molar-refractivity contribution in [2.75, 3.05) is 32.7 Å². The molecule has 6 heteroatoms. The fraction of sp³-hybridized carbons (Fsp3) is 0.696. The van der Waals surface area contributed by atoms with Gasteiger partial charge in [-0.25, -0.2) is 0 Å². The first-order valence-electron chi connectivity index (χ1n) is 22.3. The third kappa shape index (κ3) is 6.61. The average Bonchev–Trinajstić information content (AvgIpc) is 3.07. The molecule has 0 aromatic heterocycles. The van der Waals surface area contributed by atoms with Gasteiger partial charge in [-0.3, -0.25) is 4.79 Å². The maximum Gasteiger partial charge on any atom is 0.220 e. The Morgan fingerprint density at radius 2 is 2.03 bits per heavy atom. The summed E-state index contributed by atoms with van der Waals surface area (Å²) in [5.74, 6) is -4.15. The summed E-state index contributed by atoms with van der Waals surface area (Å²) in [6.45, 7) is -20.5. The van der Waals surface area contributed by atoms with Crippen LogP contribution in [-0.4, -0.2) is 54.6 Å². The third-order valence-electron chi connectivity index (χ3n) is 3.32. The number of likely N-dealkylation sites (tertiary alicyclic amines) is 1. The normalized spacial score (nSPS) is 49.2. The summed E-state index contributed by atoms with van der Waals surface area (Å²) in [5, 5.41) is 13.0. The molecule has 0 aliphatic carbocycles. The van der Waals surface area contributed by atoms with Crippen molar-refractivity contribution < 1.29 is 59.1 Å². The highest BCUT2D eigenvalue weighted by atomic mass is 16.6. The van der Waals surface area contributed by atoms with Crippen molar-refractivity contribution >= 4 is 5.91 Å². The zero-order valence-electron chi connectivity index (χ0n) is 43.6.